The number of nitrogens with two attached hydrogens (primary N) is 1. The Morgan fingerprint density at radius 2 is 2.00 bits per heavy atom. The molecule has 3 N–H and O–H groups in total. The van der Waals surface area contributed by atoms with E-state index in [0.717, 1.165) is 0 Å². The first kappa shape index (κ1) is 19.2. The van der Waals surface area contributed by atoms with Crippen molar-refractivity contribution in [2.24, 2.45) is 0 Å². The molecule has 0 bridgehead atoms. The average Bonchev–Trinajstić information content (AvgIpc) is 2.96. The van der Waals surface area contributed by atoms with Crippen molar-refractivity contribution < 1.29 is 14.3 Å². The molecule has 0 saturated carbocycles. The number of hydrogen-bond donors (Lipinski definition) is 2. The van der Waals surface area contributed by atoms with Gasteiger partial charge in [0.05, 0.1) is 12.8 Å². The van der Waals surface area contributed by atoms with E-state index in [1.807, 2.05) is 0 Å². The van der Waals surface area contributed by atoms with Gasteiger partial charge >= 0.3 is 11.8 Å². The van der Waals surface area contributed by atoms with Crippen molar-refractivity contribution in [3.8, 4) is 11.4 Å². The monoisotopic (exact) mass is 386 g/mol. The highest BCUT2D eigenvalue weighted by atomic mass is 16.6. The molecular weight excluding hydrogens is 364 g/mol. The highest BCUT2D eigenvalue weighted by Gasteiger charge is 2.23. The number of amides is 1. The molecule has 0 radical (unpaired) electrons. The molecule has 0 aliphatic rings. The number of H-pyrrole nitrogens is 1. The first-order chi connectivity index (χ1) is 13.1. The maximum absolute atomic E-state index is 12.6. The topological polar surface area (TPSA) is 128 Å². The first-order valence-electron chi connectivity index (χ1n) is 8.48. The molecule has 1 amide bonds. The third-order valence-corrected chi connectivity index (χ3v) is 3.96. The number of carbonyl (C=O) groups excluding carboxylic acids is 1. The number of rotatable bonds is 3. The van der Waals surface area contributed by atoms with Crippen LogP contribution in [0.5, 0.6) is 5.75 Å². The SMILES string of the molecule is COc1ccc(N(C)C(=O)OC(C)(C)C)cc1-n1c(=O)[nH]c2c(N)ncnc21. The summed E-state index contributed by atoms with van der Waals surface area (Å²) >= 11 is 0. The highest BCUT2D eigenvalue weighted by Crippen LogP contribution is 2.30. The van der Waals surface area contributed by atoms with Gasteiger partial charge in [-0.2, -0.15) is 0 Å². The van der Waals surface area contributed by atoms with Gasteiger partial charge in [0.25, 0.3) is 0 Å². The van der Waals surface area contributed by atoms with Gasteiger partial charge in [-0.3, -0.25) is 4.90 Å². The number of nitrogen functional groups attached to an aromatic ring is 1. The number of aromatic nitrogens is 4. The smallest absolute Gasteiger partial charge is 0.414 e. The van der Waals surface area contributed by atoms with Crippen LogP contribution in [0, 0.1) is 0 Å². The summed E-state index contributed by atoms with van der Waals surface area (Å²) in [5.41, 5.74) is 6.25. The molecule has 0 aliphatic heterocycles. The minimum Gasteiger partial charge on any atom is -0.495 e. The summed E-state index contributed by atoms with van der Waals surface area (Å²) in [6.07, 6.45) is 0.742. The summed E-state index contributed by atoms with van der Waals surface area (Å²) < 4.78 is 12.1. The summed E-state index contributed by atoms with van der Waals surface area (Å²) in [7, 11) is 3.07. The number of hydrogen-bond acceptors (Lipinski definition) is 7. The Labute approximate surface area is 160 Å². The zero-order valence-electron chi connectivity index (χ0n) is 16.3. The Bertz CT molecular complexity index is 1100. The van der Waals surface area contributed by atoms with Gasteiger partial charge < -0.3 is 20.2 Å². The minimum atomic E-state index is -0.636. The van der Waals surface area contributed by atoms with Crippen LogP contribution >= 0.6 is 0 Å². The van der Waals surface area contributed by atoms with Crippen molar-refractivity contribution in [3.05, 3.63) is 35.0 Å². The number of nitrogens with zero attached hydrogens (tertiary/aromatic N) is 4. The van der Waals surface area contributed by atoms with Crippen molar-refractivity contribution in [1.82, 2.24) is 19.5 Å². The Kier molecular flexibility index (Phi) is 4.72. The summed E-state index contributed by atoms with van der Waals surface area (Å²) in [6.45, 7) is 5.36. The lowest BCUT2D eigenvalue weighted by molar-refractivity contribution is 0.0589. The number of benzene rings is 1. The molecule has 0 saturated heterocycles. The maximum Gasteiger partial charge on any atom is 0.414 e. The van der Waals surface area contributed by atoms with E-state index in [4.69, 9.17) is 15.2 Å². The Morgan fingerprint density at radius 3 is 2.64 bits per heavy atom. The molecule has 2 aromatic heterocycles. The highest BCUT2D eigenvalue weighted by molar-refractivity contribution is 5.88. The number of ether oxygens (including phenoxy) is 2. The van der Waals surface area contributed by atoms with E-state index in [1.54, 1.807) is 46.0 Å². The molecule has 1 aromatic carbocycles. The van der Waals surface area contributed by atoms with Gasteiger partial charge in [-0.1, -0.05) is 0 Å². The van der Waals surface area contributed by atoms with Crippen LogP contribution < -0.4 is 21.1 Å². The molecule has 0 atom stereocenters. The number of fused-ring (bicyclic) bond motifs is 1. The van der Waals surface area contributed by atoms with E-state index in [9.17, 15) is 9.59 Å². The van der Waals surface area contributed by atoms with Crippen LogP contribution in [0.3, 0.4) is 0 Å². The van der Waals surface area contributed by atoms with E-state index in [2.05, 4.69) is 15.0 Å². The number of imidazole rings is 1. The Morgan fingerprint density at radius 1 is 1.29 bits per heavy atom. The van der Waals surface area contributed by atoms with Crippen LogP contribution in [0.25, 0.3) is 16.9 Å². The van der Waals surface area contributed by atoms with E-state index >= 15 is 0 Å². The van der Waals surface area contributed by atoms with Gasteiger partial charge in [0.1, 0.15) is 23.2 Å². The molecule has 2 heterocycles. The fourth-order valence-corrected chi connectivity index (χ4v) is 2.66. The van der Waals surface area contributed by atoms with Crippen LogP contribution in [0.15, 0.2) is 29.3 Å². The fourth-order valence-electron chi connectivity index (χ4n) is 2.66. The standard InChI is InChI=1S/C18H22N6O4/c1-18(2,3)28-17(26)23(4)10-6-7-12(27-5)11(8-10)24-15-13(22-16(24)25)14(19)20-9-21-15/h6-9H,1-5H3,(H,22,25)(H2,19,20,21). The van der Waals surface area contributed by atoms with Crippen LogP contribution in [-0.2, 0) is 4.74 Å². The van der Waals surface area contributed by atoms with E-state index in [1.165, 1.54) is 22.9 Å². The van der Waals surface area contributed by atoms with Crippen LogP contribution in [0.4, 0.5) is 16.3 Å². The molecule has 3 rings (SSSR count). The van der Waals surface area contributed by atoms with Crippen LogP contribution in [0.1, 0.15) is 20.8 Å². The third-order valence-electron chi connectivity index (χ3n) is 3.96. The lowest BCUT2D eigenvalue weighted by Crippen LogP contribution is -2.34. The summed E-state index contributed by atoms with van der Waals surface area (Å²) in [6, 6.07) is 4.98. The molecule has 0 aliphatic carbocycles. The van der Waals surface area contributed by atoms with Gasteiger partial charge in [-0.25, -0.2) is 24.1 Å². The van der Waals surface area contributed by atoms with Gasteiger partial charge in [0.15, 0.2) is 11.5 Å². The molecule has 10 nitrogen and oxygen atoms in total. The average molecular weight is 386 g/mol. The lowest BCUT2D eigenvalue weighted by atomic mass is 10.2. The van der Waals surface area contributed by atoms with Gasteiger partial charge in [0, 0.05) is 12.7 Å². The Balaban J connectivity index is 2.14. The van der Waals surface area contributed by atoms with Crippen molar-refractivity contribution in [1.29, 1.82) is 0 Å². The van der Waals surface area contributed by atoms with E-state index < -0.39 is 17.4 Å². The van der Waals surface area contributed by atoms with Crippen LogP contribution in [-0.4, -0.2) is 45.4 Å². The van der Waals surface area contributed by atoms with E-state index in [-0.39, 0.29) is 5.82 Å². The second kappa shape index (κ2) is 6.87. The fraction of sp³-hybridized carbons (Fsp3) is 0.333. The first-order valence-corrected chi connectivity index (χ1v) is 8.48. The molecule has 148 valence electrons. The normalized spacial score (nSPS) is 11.5. The largest absolute Gasteiger partial charge is 0.495 e. The number of anilines is 2. The predicted octanol–water partition coefficient (Wildman–Crippen LogP) is 2.07. The molecule has 10 heteroatoms. The quantitative estimate of drug-likeness (QED) is 0.705. The molecule has 0 unspecified atom stereocenters. The summed E-state index contributed by atoms with van der Waals surface area (Å²) in [4.78, 5) is 37.0. The van der Waals surface area contributed by atoms with Crippen molar-refractivity contribution in [2.45, 2.75) is 26.4 Å². The second-order valence-electron chi connectivity index (χ2n) is 7.12. The van der Waals surface area contributed by atoms with Crippen molar-refractivity contribution in [3.63, 3.8) is 0 Å². The third kappa shape index (κ3) is 3.48. The summed E-state index contributed by atoms with van der Waals surface area (Å²) in [5.74, 6) is 0.573. The molecule has 0 spiro atoms. The number of carbonyl (C=O) groups is 1. The van der Waals surface area contributed by atoms with Crippen molar-refractivity contribution in [2.75, 3.05) is 24.8 Å². The molecule has 0 fully saturated rings. The van der Waals surface area contributed by atoms with Gasteiger partial charge in [-0.05, 0) is 39.0 Å². The second-order valence-corrected chi connectivity index (χ2v) is 7.12. The summed E-state index contributed by atoms with van der Waals surface area (Å²) in [5, 5.41) is 0. The zero-order valence-corrected chi connectivity index (χ0v) is 16.3. The minimum absolute atomic E-state index is 0.154. The number of nitrogens with one attached hydrogen (secondary N) is 1. The van der Waals surface area contributed by atoms with E-state index in [0.29, 0.717) is 28.3 Å². The Hall–Kier alpha value is -3.56. The van der Waals surface area contributed by atoms with Gasteiger partial charge in [-0.15, -0.1) is 0 Å². The molecular formula is C18H22N6O4. The lowest BCUT2D eigenvalue weighted by Gasteiger charge is -2.25. The van der Waals surface area contributed by atoms with Crippen molar-refractivity contribution >= 4 is 28.8 Å². The number of aromatic amines is 1. The van der Waals surface area contributed by atoms with Gasteiger partial charge in [0.2, 0.25) is 0 Å². The number of methoxy groups -OCH3 is 1. The van der Waals surface area contributed by atoms with Crippen LogP contribution in [0.2, 0.25) is 0 Å². The zero-order chi connectivity index (χ0) is 20.6. The molecule has 28 heavy (non-hydrogen) atoms. The molecule has 3 aromatic rings. The maximum atomic E-state index is 12.6. The predicted molar refractivity (Wildman–Crippen MR) is 105 cm³/mol.